The van der Waals surface area contributed by atoms with Crippen LogP contribution in [0.15, 0.2) is 48.7 Å². The van der Waals surface area contributed by atoms with Crippen molar-refractivity contribution in [3.63, 3.8) is 0 Å². The highest BCUT2D eigenvalue weighted by Crippen LogP contribution is 2.24. The van der Waals surface area contributed by atoms with Gasteiger partial charge in [-0.25, -0.2) is 9.31 Å². The number of carbonyl (C=O) groups excluding carboxylic acids is 1. The first-order valence-electron chi connectivity index (χ1n) is 6.92. The summed E-state index contributed by atoms with van der Waals surface area (Å²) in [6, 6.07) is 13.5. The van der Waals surface area contributed by atoms with Crippen LogP contribution in [-0.2, 0) is 11.3 Å². The maximum Gasteiger partial charge on any atom is 0.339 e. The minimum Gasteiger partial charge on any atom is -0.487 e. The number of aryl methyl sites for hydroxylation is 1. The van der Waals surface area contributed by atoms with E-state index in [1.165, 1.54) is 7.11 Å². The van der Waals surface area contributed by atoms with Crippen molar-refractivity contribution in [2.75, 3.05) is 7.11 Å². The number of pyridine rings is 1. The number of benzene rings is 1. The second-order valence-electron chi connectivity index (χ2n) is 4.97. The van der Waals surface area contributed by atoms with Gasteiger partial charge in [-0.1, -0.05) is 30.3 Å². The molecule has 0 fully saturated rings. The molecule has 3 rings (SSSR count). The molecule has 1 aromatic carbocycles. The van der Waals surface area contributed by atoms with Gasteiger partial charge >= 0.3 is 5.97 Å². The lowest BCUT2D eigenvalue weighted by Gasteiger charge is -2.09. The Labute approximate surface area is 128 Å². The van der Waals surface area contributed by atoms with Crippen LogP contribution in [0.25, 0.3) is 5.52 Å². The maximum absolute atomic E-state index is 11.8. The van der Waals surface area contributed by atoms with Crippen LogP contribution in [0.4, 0.5) is 0 Å². The Hall–Kier alpha value is -2.82. The number of rotatable bonds is 4. The van der Waals surface area contributed by atoms with Gasteiger partial charge in [-0.3, -0.25) is 0 Å². The fraction of sp³-hybridized carbons (Fsp3) is 0.176. The molecule has 5 heteroatoms. The van der Waals surface area contributed by atoms with Crippen LogP contribution in [0.1, 0.15) is 21.6 Å². The monoisotopic (exact) mass is 296 g/mol. The molecule has 0 atom stereocenters. The van der Waals surface area contributed by atoms with Gasteiger partial charge in [0.1, 0.15) is 17.9 Å². The zero-order valence-electron chi connectivity index (χ0n) is 12.4. The minimum atomic E-state index is -0.417. The fourth-order valence-corrected chi connectivity index (χ4v) is 2.26. The summed E-state index contributed by atoms with van der Waals surface area (Å²) in [6.45, 7) is 2.32. The molecule has 0 radical (unpaired) electrons. The average Bonchev–Trinajstić information content (AvgIpc) is 2.93. The Bertz CT molecular complexity index is 809. The number of nitrogens with zero attached hydrogens (tertiary/aromatic N) is 2. The Balaban J connectivity index is 1.97. The summed E-state index contributed by atoms with van der Waals surface area (Å²) >= 11 is 0. The van der Waals surface area contributed by atoms with Gasteiger partial charge in [-0.15, -0.1) is 0 Å². The molecule has 3 aromatic rings. The first-order valence-corrected chi connectivity index (χ1v) is 6.92. The highest BCUT2D eigenvalue weighted by Gasteiger charge is 2.13. The Kier molecular flexibility index (Phi) is 3.78. The molecule has 2 heterocycles. The number of methoxy groups -OCH3 is 1. The molecule has 0 spiro atoms. The van der Waals surface area contributed by atoms with Crippen molar-refractivity contribution in [3.05, 3.63) is 65.5 Å². The van der Waals surface area contributed by atoms with Crippen molar-refractivity contribution in [2.45, 2.75) is 13.5 Å². The van der Waals surface area contributed by atoms with Gasteiger partial charge < -0.3 is 9.47 Å². The van der Waals surface area contributed by atoms with E-state index in [-0.39, 0.29) is 0 Å². The summed E-state index contributed by atoms with van der Waals surface area (Å²) < 4.78 is 12.3. The lowest BCUT2D eigenvalue weighted by molar-refractivity contribution is 0.0599. The number of hydrogen-bond donors (Lipinski definition) is 0. The largest absolute Gasteiger partial charge is 0.487 e. The molecule has 0 unspecified atom stereocenters. The molecule has 0 bridgehead atoms. The molecule has 0 saturated heterocycles. The predicted octanol–water partition coefficient (Wildman–Crippen LogP) is 3.01. The summed E-state index contributed by atoms with van der Waals surface area (Å²) in [5.41, 5.74) is 3.13. The summed E-state index contributed by atoms with van der Waals surface area (Å²) in [7, 11) is 1.35. The van der Waals surface area contributed by atoms with E-state index in [1.807, 2.05) is 43.3 Å². The van der Waals surface area contributed by atoms with Crippen LogP contribution in [-0.4, -0.2) is 22.7 Å². The third-order valence-corrected chi connectivity index (χ3v) is 3.32. The zero-order chi connectivity index (χ0) is 15.5. The van der Waals surface area contributed by atoms with Crippen molar-refractivity contribution in [1.82, 2.24) is 9.61 Å². The topological polar surface area (TPSA) is 52.8 Å². The molecule has 2 aromatic heterocycles. The quantitative estimate of drug-likeness (QED) is 0.694. The average molecular weight is 296 g/mol. The molecule has 0 amide bonds. The fourth-order valence-electron chi connectivity index (χ4n) is 2.26. The van der Waals surface area contributed by atoms with Crippen LogP contribution in [0, 0.1) is 6.92 Å². The van der Waals surface area contributed by atoms with Crippen molar-refractivity contribution >= 4 is 11.5 Å². The molecule has 5 nitrogen and oxygen atoms in total. The minimum absolute atomic E-state index is 0.404. The number of esters is 1. The first kappa shape index (κ1) is 14.1. The van der Waals surface area contributed by atoms with E-state index in [0.29, 0.717) is 17.9 Å². The van der Waals surface area contributed by atoms with Crippen LogP contribution in [0.3, 0.4) is 0 Å². The third-order valence-electron chi connectivity index (χ3n) is 3.32. The van der Waals surface area contributed by atoms with E-state index in [2.05, 4.69) is 5.10 Å². The molecule has 0 saturated carbocycles. The lowest BCUT2D eigenvalue weighted by atomic mass is 10.2. The predicted molar refractivity (Wildman–Crippen MR) is 82.0 cm³/mol. The molecule has 0 N–H and O–H groups in total. The van der Waals surface area contributed by atoms with E-state index in [9.17, 15) is 4.79 Å². The van der Waals surface area contributed by atoms with E-state index < -0.39 is 5.97 Å². The van der Waals surface area contributed by atoms with Crippen molar-refractivity contribution in [1.29, 1.82) is 0 Å². The molecule has 0 aliphatic heterocycles. The molecule has 0 aliphatic carbocycles. The summed E-state index contributed by atoms with van der Waals surface area (Å²) in [4.78, 5) is 11.8. The number of fused-ring (bicyclic) bond motifs is 1. The lowest BCUT2D eigenvalue weighted by Crippen LogP contribution is -2.05. The number of hydrogen-bond acceptors (Lipinski definition) is 4. The van der Waals surface area contributed by atoms with Gasteiger partial charge in [-0.05, 0) is 24.6 Å². The summed E-state index contributed by atoms with van der Waals surface area (Å²) in [6.07, 6.45) is 1.64. The van der Waals surface area contributed by atoms with E-state index in [1.54, 1.807) is 16.8 Å². The van der Waals surface area contributed by atoms with Crippen molar-refractivity contribution < 1.29 is 14.3 Å². The van der Waals surface area contributed by atoms with Crippen LogP contribution >= 0.6 is 0 Å². The molecule has 0 aliphatic rings. The third kappa shape index (κ3) is 2.79. The summed E-state index contributed by atoms with van der Waals surface area (Å²) in [5.74, 6) is 0.187. The molecule has 22 heavy (non-hydrogen) atoms. The zero-order valence-corrected chi connectivity index (χ0v) is 12.4. The number of aromatic nitrogens is 2. The second-order valence-corrected chi connectivity index (χ2v) is 4.97. The first-order chi connectivity index (χ1) is 10.7. The number of carbonyl (C=O) groups is 1. The molecular weight excluding hydrogens is 280 g/mol. The van der Waals surface area contributed by atoms with Crippen molar-refractivity contribution in [3.8, 4) is 5.75 Å². The molecule has 112 valence electrons. The highest BCUT2D eigenvalue weighted by atomic mass is 16.5. The van der Waals surface area contributed by atoms with Crippen LogP contribution < -0.4 is 4.74 Å². The highest BCUT2D eigenvalue weighted by molar-refractivity contribution is 5.90. The summed E-state index contributed by atoms with van der Waals surface area (Å²) in [5, 5.41) is 4.34. The maximum atomic E-state index is 11.8. The van der Waals surface area contributed by atoms with Crippen LogP contribution in [0.2, 0.25) is 0 Å². The normalized spacial score (nSPS) is 10.6. The van der Waals surface area contributed by atoms with Crippen LogP contribution in [0.5, 0.6) is 5.75 Å². The van der Waals surface area contributed by atoms with Gasteiger partial charge in [0.05, 0.1) is 18.4 Å². The SMILES string of the molecule is COC(=O)c1cc(OCc2ccccc2)c2cc(C)nn2c1. The Morgan fingerprint density at radius 3 is 2.73 bits per heavy atom. The van der Waals surface area contributed by atoms with Gasteiger partial charge in [0.15, 0.2) is 0 Å². The van der Waals surface area contributed by atoms with Gasteiger partial charge in [0.25, 0.3) is 0 Å². The Morgan fingerprint density at radius 2 is 2.00 bits per heavy atom. The molecular formula is C17H16N2O3. The second kappa shape index (κ2) is 5.89. The smallest absolute Gasteiger partial charge is 0.339 e. The van der Waals surface area contributed by atoms with Gasteiger partial charge in [-0.2, -0.15) is 5.10 Å². The van der Waals surface area contributed by atoms with Gasteiger partial charge in [0.2, 0.25) is 0 Å². The van der Waals surface area contributed by atoms with E-state index in [0.717, 1.165) is 16.8 Å². The van der Waals surface area contributed by atoms with E-state index >= 15 is 0 Å². The van der Waals surface area contributed by atoms with Gasteiger partial charge in [0, 0.05) is 6.20 Å². The van der Waals surface area contributed by atoms with Crippen molar-refractivity contribution in [2.24, 2.45) is 0 Å². The Morgan fingerprint density at radius 1 is 1.23 bits per heavy atom. The number of ether oxygens (including phenoxy) is 2. The van der Waals surface area contributed by atoms with E-state index in [4.69, 9.17) is 9.47 Å². The standard InChI is InChI=1S/C17H16N2O3/c1-12-8-15-16(22-11-13-6-4-3-5-7-13)9-14(17(20)21-2)10-19(15)18-12/h3-10H,11H2,1-2H3.